The number of primary amides is 1. The van der Waals surface area contributed by atoms with Crippen molar-refractivity contribution in [2.24, 2.45) is 5.73 Å². The Labute approximate surface area is 106 Å². The smallest absolute Gasteiger partial charge is 0.245 e. The van der Waals surface area contributed by atoms with Gasteiger partial charge in [0.2, 0.25) is 11.8 Å². The number of nitrogens with zero attached hydrogens (tertiary/aromatic N) is 1. The van der Waals surface area contributed by atoms with E-state index in [0.717, 1.165) is 11.3 Å². The molecule has 2 rings (SSSR count). The first-order valence-corrected chi connectivity index (χ1v) is 6.03. The number of carbonyl (C=O) groups excluding carboxylic acids is 2. The van der Waals surface area contributed by atoms with Crippen LogP contribution in [0.4, 0.5) is 5.69 Å². The van der Waals surface area contributed by atoms with Crippen LogP contribution < -0.4 is 11.1 Å². The molecule has 18 heavy (non-hydrogen) atoms. The molecule has 0 fully saturated rings. The fourth-order valence-corrected chi connectivity index (χ4v) is 2.20. The van der Waals surface area contributed by atoms with Gasteiger partial charge in [0.15, 0.2) is 0 Å². The van der Waals surface area contributed by atoms with Crippen LogP contribution in [0.25, 0.3) is 0 Å². The fourth-order valence-electron chi connectivity index (χ4n) is 2.20. The average Bonchev–Trinajstić information content (AvgIpc) is 2.78. The Kier molecular flexibility index (Phi) is 3.50. The van der Waals surface area contributed by atoms with Crippen molar-refractivity contribution in [3.63, 3.8) is 0 Å². The molecule has 5 nitrogen and oxygen atoms in total. The summed E-state index contributed by atoms with van der Waals surface area (Å²) in [7, 11) is 0. The van der Waals surface area contributed by atoms with Crippen LogP contribution in [-0.2, 0) is 16.0 Å². The van der Waals surface area contributed by atoms with Gasteiger partial charge in [0.1, 0.15) is 6.04 Å². The van der Waals surface area contributed by atoms with Gasteiger partial charge in [-0.15, -0.1) is 0 Å². The second-order valence-electron chi connectivity index (χ2n) is 4.38. The quantitative estimate of drug-likeness (QED) is 0.806. The molecule has 0 bridgehead atoms. The summed E-state index contributed by atoms with van der Waals surface area (Å²) in [5, 5.41) is 3.18. The lowest BCUT2D eigenvalue weighted by Gasteiger charge is -2.23. The van der Waals surface area contributed by atoms with Crippen LogP contribution in [0.1, 0.15) is 12.5 Å². The van der Waals surface area contributed by atoms with Gasteiger partial charge in [-0.05, 0) is 18.6 Å². The zero-order chi connectivity index (χ0) is 13.1. The van der Waals surface area contributed by atoms with Crippen molar-refractivity contribution >= 4 is 17.5 Å². The highest BCUT2D eigenvalue weighted by molar-refractivity contribution is 5.90. The van der Waals surface area contributed by atoms with Crippen LogP contribution >= 0.6 is 0 Å². The summed E-state index contributed by atoms with van der Waals surface area (Å²) >= 11 is 0. The SMILES string of the molecule is CCN(CC(N)=O)C(=O)[C@@H]1Cc2ccccc2N1. The number of anilines is 1. The van der Waals surface area contributed by atoms with Crippen molar-refractivity contribution < 1.29 is 9.59 Å². The van der Waals surface area contributed by atoms with E-state index in [9.17, 15) is 9.59 Å². The molecule has 0 unspecified atom stereocenters. The Morgan fingerprint density at radius 2 is 2.17 bits per heavy atom. The number of amides is 2. The fraction of sp³-hybridized carbons (Fsp3) is 0.385. The van der Waals surface area contributed by atoms with Crippen LogP contribution in [-0.4, -0.2) is 35.8 Å². The van der Waals surface area contributed by atoms with E-state index in [1.165, 1.54) is 4.90 Å². The van der Waals surface area contributed by atoms with E-state index in [-0.39, 0.29) is 18.5 Å². The van der Waals surface area contributed by atoms with Crippen molar-refractivity contribution in [3.05, 3.63) is 29.8 Å². The number of carbonyl (C=O) groups is 2. The highest BCUT2D eigenvalue weighted by Crippen LogP contribution is 2.25. The van der Waals surface area contributed by atoms with Crippen molar-refractivity contribution in [1.82, 2.24) is 4.90 Å². The van der Waals surface area contributed by atoms with Crippen molar-refractivity contribution in [2.75, 3.05) is 18.4 Å². The van der Waals surface area contributed by atoms with Gasteiger partial charge in [-0.3, -0.25) is 9.59 Å². The second kappa shape index (κ2) is 5.08. The zero-order valence-electron chi connectivity index (χ0n) is 10.3. The molecule has 1 aromatic rings. The Balaban J connectivity index is 2.06. The normalized spacial score (nSPS) is 16.8. The number of benzene rings is 1. The summed E-state index contributed by atoms with van der Waals surface area (Å²) in [5.41, 5.74) is 7.26. The maximum Gasteiger partial charge on any atom is 0.245 e. The summed E-state index contributed by atoms with van der Waals surface area (Å²) < 4.78 is 0. The largest absolute Gasteiger partial charge is 0.373 e. The van der Waals surface area contributed by atoms with Gasteiger partial charge >= 0.3 is 0 Å². The third kappa shape index (κ3) is 2.45. The van der Waals surface area contributed by atoms with E-state index >= 15 is 0 Å². The molecular formula is C13H17N3O2. The Morgan fingerprint density at radius 3 is 2.78 bits per heavy atom. The molecule has 0 spiro atoms. The molecule has 1 aromatic carbocycles. The molecule has 5 heteroatoms. The standard InChI is InChI=1S/C13H17N3O2/c1-2-16(8-12(14)17)13(18)11-7-9-5-3-4-6-10(9)15-11/h3-6,11,15H,2,7-8H2,1H3,(H2,14,17)/t11-/m0/s1. The summed E-state index contributed by atoms with van der Waals surface area (Å²) in [6.07, 6.45) is 0.657. The maximum absolute atomic E-state index is 12.2. The molecule has 0 saturated carbocycles. The number of fused-ring (bicyclic) bond motifs is 1. The molecule has 2 amide bonds. The molecule has 96 valence electrons. The third-order valence-corrected chi connectivity index (χ3v) is 3.11. The topological polar surface area (TPSA) is 75.4 Å². The monoisotopic (exact) mass is 247 g/mol. The van der Waals surface area contributed by atoms with Crippen LogP contribution in [0.2, 0.25) is 0 Å². The summed E-state index contributed by atoms with van der Waals surface area (Å²) in [6, 6.07) is 7.54. The Bertz CT molecular complexity index is 448. The number of para-hydroxylation sites is 1. The number of hydrogen-bond donors (Lipinski definition) is 2. The van der Waals surface area contributed by atoms with E-state index in [2.05, 4.69) is 5.32 Å². The number of hydrogen-bond acceptors (Lipinski definition) is 3. The van der Waals surface area contributed by atoms with Gasteiger partial charge in [0.25, 0.3) is 0 Å². The first-order chi connectivity index (χ1) is 8.61. The molecule has 1 aliphatic rings. The van der Waals surface area contributed by atoms with Crippen LogP contribution in [0.3, 0.4) is 0 Å². The van der Waals surface area contributed by atoms with Crippen LogP contribution in [0.15, 0.2) is 24.3 Å². The van der Waals surface area contributed by atoms with E-state index in [4.69, 9.17) is 5.73 Å². The van der Waals surface area contributed by atoms with E-state index in [1.54, 1.807) is 0 Å². The predicted octanol–water partition coefficient (Wildman–Crippen LogP) is 0.357. The van der Waals surface area contributed by atoms with Crippen molar-refractivity contribution in [3.8, 4) is 0 Å². The highest BCUT2D eigenvalue weighted by atomic mass is 16.2. The molecule has 0 aliphatic carbocycles. The molecule has 1 aliphatic heterocycles. The number of rotatable bonds is 4. The summed E-state index contributed by atoms with van der Waals surface area (Å²) in [4.78, 5) is 24.6. The first-order valence-electron chi connectivity index (χ1n) is 6.03. The van der Waals surface area contributed by atoms with Crippen molar-refractivity contribution in [1.29, 1.82) is 0 Å². The minimum Gasteiger partial charge on any atom is -0.373 e. The maximum atomic E-state index is 12.2. The second-order valence-corrected chi connectivity index (χ2v) is 4.38. The van der Waals surface area contributed by atoms with E-state index < -0.39 is 5.91 Å². The van der Waals surface area contributed by atoms with E-state index in [1.807, 2.05) is 31.2 Å². The van der Waals surface area contributed by atoms with Gasteiger partial charge in [-0.25, -0.2) is 0 Å². The number of likely N-dealkylation sites (N-methyl/N-ethyl adjacent to an activating group) is 1. The highest BCUT2D eigenvalue weighted by Gasteiger charge is 2.29. The minimum atomic E-state index is -0.485. The third-order valence-electron chi connectivity index (χ3n) is 3.11. The lowest BCUT2D eigenvalue weighted by atomic mass is 10.1. The molecule has 0 saturated heterocycles. The van der Waals surface area contributed by atoms with Crippen LogP contribution in [0.5, 0.6) is 0 Å². The molecule has 1 heterocycles. The van der Waals surface area contributed by atoms with Gasteiger partial charge < -0.3 is 16.0 Å². The molecule has 3 N–H and O–H groups in total. The van der Waals surface area contributed by atoms with Gasteiger partial charge in [-0.2, -0.15) is 0 Å². The Hall–Kier alpha value is -2.04. The lowest BCUT2D eigenvalue weighted by molar-refractivity contribution is -0.135. The predicted molar refractivity (Wildman–Crippen MR) is 69.0 cm³/mol. The first kappa shape index (κ1) is 12.4. The van der Waals surface area contributed by atoms with Gasteiger partial charge in [0, 0.05) is 18.7 Å². The zero-order valence-corrected chi connectivity index (χ0v) is 10.3. The molecule has 1 atom stereocenters. The summed E-state index contributed by atoms with van der Waals surface area (Å²) in [5.74, 6) is -0.562. The average molecular weight is 247 g/mol. The van der Waals surface area contributed by atoms with Gasteiger partial charge in [0.05, 0.1) is 6.54 Å². The van der Waals surface area contributed by atoms with E-state index in [0.29, 0.717) is 13.0 Å². The van der Waals surface area contributed by atoms with Crippen molar-refractivity contribution in [2.45, 2.75) is 19.4 Å². The lowest BCUT2D eigenvalue weighted by Crippen LogP contribution is -2.45. The van der Waals surface area contributed by atoms with Crippen LogP contribution in [0, 0.1) is 0 Å². The number of nitrogens with two attached hydrogens (primary N) is 1. The Morgan fingerprint density at radius 1 is 1.44 bits per heavy atom. The number of nitrogens with one attached hydrogen (secondary N) is 1. The molecule has 0 radical (unpaired) electrons. The minimum absolute atomic E-state index is 0.0239. The summed E-state index contributed by atoms with van der Waals surface area (Å²) in [6.45, 7) is 2.29. The molecule has 0 aromatic heterocycles. The van der Waals surface area contributed by atoms with Gasteiger partial charge in [-0.1, -0.05) is 18.2 Å². The molecular weight excluding hydrogens is 230 g/mol.